The van der Waals surface area contributed by atoms with Crippen LogP contribution in [-0.4, -0.2) is 72.1 Å². The fourth-order valence-corrected chi connectivity index (χ4v) is 2.49. The van der Waals surface area contributed by atoms with Gasteiger partial charge in [-0.1, -0.05) is 24.0 Å². The first-order valence-electron chi connectivity index (χ1n) is 9.60. The topological polar surface area (TPSA) is 105 Å². The standard InChI is InChI=1S/C22H26N4O4/c1-4-26(2)22(29)19(28)10-9-16-7-5-8-17(13-16)21-24-18(15-27)14-20(25-21)23-11-6-12-30-3/h5,7-8,13-15,19,28H,4,6,11-12H2,1-3H3,(H,23,24,25). The molecule has 0 fully saturated rings. The Morgan fingerprint density at radius 1 is 1.37 bits per heavy atom. The monoisotopic (exact) mass is 410 g/mol. The van der Waals surface area contributed by atoms with E-state index in [2.05, 4.69) is 27.1 Å². The molecule has 0 saturated carbocycles. The number of benzene rings is 1. The largest absolute Gasteiger partial charge is 0.385 e. The summed E-state index contributed by atoms with van der Waals surface area (Å²) >= 11 is 0. The minimum Gasteiger partial charge on any atom is -0.385 e. The van der Waals surface area contributed by atoms with Crippen LogP contribution in [0.2, 0.25) is 0 Å². The van der Waals surface area contributed by atoms with Crippen molar-refractivity contribution in [2.45, 2.75) is 19.4 Å². The summed E-state index contributed by atoms with van der Waals surface area (Å²) in [6.45, 7) is 3.57. The van der Waals surface area contributed by atoms with Crippen LogP contribution in [0.3, 0.4) is 0 Å². The normalized spacial score (nSPS) is 11.2. The molecule has 2 rings (SSSR count). The molecule has 8 nitrogen and oxygen atoms in total. The summed E-state index contributed by atoms with van der Waals surface area (Å²) < 4.78 is 5.02. The molecule has 0 aliphatic heterocycles. The van der Waals surface area contributed by atoms with Gasteiger partial charge in [-0.3, -0.25) is 9.59 Å². The van der Waals surface area contributed by atoms with Gasteiger partial charge in [-0.25, -0.2) is 9.97 Å². The van der Waals surface area contributed by atoms with E-state index >= 15 is 0 Å². The van der Waals surface area contributed by atoms with Crippen LogP contribution in [0.4, 0.5) is 5.82 Å². The summed E-state index contributed by atoms with van der Waals surface area (Å²) in [5, 5.41) is 13.1. The van der Waals surface area contributed by atoms with E-state index in [0.29, 0.717) is 48.8 Å². The third-order valence-corrected chi connectivity index (χ3v) is 4.26. The van der Waals surface area contributed by atoms with E-state index in [4.69, 9.17) is 4.74 Å². The first-order chi connectivity index (χ1) is 14.5. The Hall–Kier alpha value is -3.28. The van der Waals surface area contributed by atoms with Gasteiger partial charge in [0, 0.05) is 51.0 Å². The minimum absolute atomic E-state index is 0.259. The highest BCUT2D eigenvalue weighted by molar-refractivity contribution is 5.83. The molecular formula is C22H26N4O4. The fourth-order valence-electron chi connectivity index (χ4n) is 2.49. The Balaban J connectivity index is 2.24. The van der Waals surface area contributed by atoms with Crippen LogP contribution >= 0.6 is 0 Å². The van der Waals surface area contributed by atoms with Gasteiger partial charge in [-0.15, -0.1) is 0 Å². The van der Waals surface area contributed by atoms with Crippen molar-refractivity contribution in [3.8, 4) is 23.2 Å². The number of nitrogens with one attached hydrogen (secondary N) is 1. The smallest absolute Gasteiger partial charge is 0.263 e. The first kappa shape index (κ1) is 23.0. The van der Waals surface area contributed by atoms with Crippen LogP contribution in [0.15, 0.2) is 30.3 Å². The van der Waals surface area contributed by atoms with Gasteiger partial charge in [0.05, 0.1) is 0 Å². The summed E-state index contributed by atoms with van der Waals surface area (Å²) in [6, 6.07) is 8.65. The fraction of sp³-hybridized carbons (Fsp3) is 0.364. The van der Waals surface area contributed by atoms with E-state index in [1.807, 2.05) is 6.92 Å². The second-order valence-electron chi connectivity index (χ2n) is 6.50. The molecule has 0 aliphatic rings. The Kier molecular flexibility index (Phi) is 8.94. The number of aldehydes is 1. The van der Waals surface area contributed by atoms with Crippen LogP contribution in [0.5, 0.6) is 0 Å². The van der Waals surface area contributed by atoms with Crippen molar-refractivity contribution in [3.63, 3.8) is 0 Å². The summed E-state index contributed by atoms with van der Waals surface area (Å²) in [7, 11) is 3.24. The van der Waals surface area contributed by atoms with Crippen LogP contribution in [0, 0.1) is 11.8 Å². The van der Waals surface area contributed by atoms with Gasteiger partial charge in [-0.2, -0.15) is 0 Å². The lowest BCUT2D eigenvalue weighted by Crippen LogP contribution is -2.35. The number of carbonyl (C=O) groups excluding carboxylic acids is 2. The Morgan fingerprint density at radius 2 is 2.17 bits per heavy atom. The molecule has 0 spiro atoms. The zero-order valence-electron chi connectivity index (χ0n) is 17.4. The molecule has 1 amide bonds. The number of carbonyl (C=O) groups is 2. The summed E-state index contributed by atoms with van der Waals surface area (Å²) in [4.78, 5) is 33.3. The average Bonchev–Trinajstić information content (AvgIpc) is 2.79. The Morgan fingerprint density at radius 3 is 2.87 bits per heavy atom. The third kappa shape index (κ3) is 6.65. The van der Waals surface area contributed by atoms with Crippen LogP contribution in [-0.2, 0) is 9.53 Å². The molecule has 2 aromatic rings. The highest BCUT2D eigenvalue weighted by atomic mass is 16.5. The van der Waals surface area contributed by atoms with E-state index in [9.17, 15) is 14.7 Å². The molecule has 8 heteroatoms. The first-order valence-corrected chi connectivity index (χ1v) is 9.60. The molecule has 1 heterocycles. The number of anilines is 1. The van der Waals surface area contributed by atoms with E-state index < -0.39 is 12.0 Å². The second kappa shape index (κ2) is 11.7. The SMILES string of the molecule is CCN(C)C(=O)C(O)C#Cc1cccc(-c2nc(C=O)cc(NCCCOC)n2)c1. The number of aliphatic hydroxyl groups excluding tert-OH is 1. The van der Waals surface area contributed by atoms with Crippen molar-refractivity contribution in [3.05, 3.63) is 41.6 Å². The lowest BCUT2D eigenvalue weighted by atomic mass is 10.1. The van der Waals surface area contributed by atoms with E-state index in [1.165, 1.54) is 4.90 Å². The number of nitrogens with zero attached hydrogens (tertiary/aromatic N) is 3. The van der Waals surface area contributed by atoms with Crippen molar-refractivity contribution in [1.82, 2.24) is 14.9 Å². The lowest BCUT2D eigenvalue weighted by Gasteiger charge is -2.15. The molecular weight excluding hydrogens is 384 g/mol. The average molecular weight is 410 g/mol. The quantitative estimate of drug-likeness (QED) is 0.367. The number of rotatable bonds is 9. The molecule has 0 aliphatic carbocycles. The Labute approximate surface area is 176 Å². The number of hydrogen-bond acceptors (Lipinski definition) is 7. The maximum absolute atomic E-state index is 11.9. The summed E-state index contributed by atoms with van der Waals surface area (Å²) in [6.07, 6.45) is 0.0728. The highest BCUT2D eigenvalue weighted by Crippen LogP contribution is 2.19. The van der Waals surface area contributed by atoms with Crippen molar-refractivity contribution in [1.29, 1.82) is 0 Å². The number of hydrogen-bond donors (Lipinski definition) is 2. The minimum atomic E-state index is -1.39. The van der Waals surface area contributed by atoms with E-state index in [1.54, 1.807) is 44.5 Å². The molecule has 158 valence electrons. The van der Waals surface area contributed by atoms with Gasteiger partial charge in [0.25, 0.3) is 5.91 Å². The third-order valence-electron chi connectivity index (χ3n) is 4.26. The predicted molar refractivity (Wildman–Crippen MR) is 114 cm³/mol. The molecule has 1 atom stereocenters. The van der Waals surface area contributed by atoms with E-state index in [-0.39, 0.29) is 5.69 Å². The number of methoxy groups -OCH3 is 1. The molecule has 2 N–H and O–H groups in total. The molecule has 1 aromatic carbocycles. The van der Waals surface area contributed by atoms with Crippen LogP contribution in [0.1, 0.15) is 29.4 Å². The number of likely N-dealkylation sites (N-methyl/N-ethyl adjacent to an activating group) is 1. The maximum atomic E-state index is 11.9. The van der Waals surface area contributed by atoms with Gasteiger partial charge in [0.2, 0.25) is 0 Å². The summed E-state index contributed by atoms with van der Waals surface area (Å²) in [5.41, 5.74) is 1.51. The molecule has 0 radical (unpaired) electrons. The molecule has 1 unspecified atom stereocenters. The molecule has 0 bridgehead atoms. The van der Waals surface area contributed by atoms with E-state index in [0.717, 1.165) is 6.42 Å². The van der Waals surface area contributed by atoms with Crippen molar-refractivity contribution < 1.29 is 19.4 Å². The Bertz CT molecular complexity index is 936. The highest BCUT2D eigenvalue weighted by Gasteiger charge is 2.15. The van der Waals surface area contributed by atoms with Crippen molar-refractivity contribution in [2.75, 3.05) is 39.2 Å². The van der Waals surface area contributed by atoms with Crippen molar-refractivity contribution in [2.24, 2.45) is 0 Å². The van der Waals surface area contributed by atoms with Gasteiger partial charge < -0.3 is 20.1 Å². The lowest BCUT2D eigenvalue weighted by molar-refractivity contribution is -0.135. The zero-order valence-corrected chi connectivity index (χ0v) is 17.4. The zero-order chi connectivity index (χ0) is 21.9. The predicted octanol–water partition coefficient (Wildman–Crippen LogP) is 1.60. The maximum Gasteiger partial charge on any atom is 0.263 e. The van der Waals surface area contributed by atoms with Gasteiger partial charge in [-0.05, 0) is 25.5 Å². The molecule has 0 saturated heterocycles. The van der Waals surface area contributed by atoms with Gasteiger partial charge in [0.1, 0.15) is 11.5 Å². The van der Waals surface area contributed by atoms with Crippen LogP contribution < -0.4 is 5.32 Å². The van der Waals surface area contributed by atoms with Gasteiger partial charge in [0.15, 0.2) is 18.2 Å². The number of ether oxygens (including phenoxy) is 1. The molecule has 1 aromatic heterocycles. The second-order valence-corrected chi connectivity index (χ2v) is 6.50. The number of aromatic nitrogens is 2. The van der Waals surface area contributed by atoms with Gasteiger partial charge >= 0.3 is 0 Å². The van der Waals surface area contributed by atoms with Crippen LogP contribution in [0.25, 0.3) is 11.4 Å². The number of amides is 1. The molecule has 30 heavy (non-hydrogen) atoms. The summed E-state index contributed by atoms with van der Waals surface area (Å²) in [5.74, 6) is 5.83. The number of aliphatic hydroxyl groups is 1. The van der Waals surface area contributed by atoms with Crippen molar-refractivity contribution >= 4 is 18.0 Å².